The second-order valence-corrected chi connectivity index (χ2v) is 7.93. The van der Waals surface area contributed by atoms with Crippen LogP contribution in [0.3, 0.4) is 0 Å². The van der Waals surface area contributed by atoms with Gasteiger partial charge in [0.05, 0.1) is 18.1 Å². The van der Waals surface area contributed by atoms with Crippen LogP contribution in [0, 0.1) is 5.41 Å². The highest BCUT2D eigenvalue weighted by atomic mass is 19.4. The van der Waals surface area contributed by atoms with Crippen molar-refractivity contribution >= 4 is 11.8 Å². The fourth-order valence-corrected chi connectivity index (χ4v) is 3.79. The molecule has 156 valence electrons. The molecule has 0 bridgehead atoms. The number of halogens is 3. The molecule has 3 rings (SSSR count). The first-order valence-corrected chi connectivity index (χ1v) is 9.22. The van der Waals surface area contributed by atoms with Gasteiger partial charge in [0.2, 0.25) is 5.88 Å². The van der Waals surface area contributed by atoms with E-state index < -0.39 is 23.6 Å². The molecule has 1 aromatic rings. The van der Waals surface area contributed by atoms with E-state index in [2.05, 4.69) is 0 Å². The van der Waals surface area contributed by atoms with Crippen molar-refractivity contribution in [1.29, 1.82) is 0 Å². The molecule has 29 heavy (non-hydrogen) atoms. The minimum Gasteiger partial charge on any atom is -0.462 e. The summed E-state index contributed by atoms with van der Waals surface area (Å²) in [6, 6.07) is 4.34. The Morgan fingerprint density at radius 1 is 1.24 bits per heavy atom. The molecule has 2 aliphatic rings. The largest absolute Gasteiger partial charge is 0.462 e. The highest BCUT2D eigenvalue weighted by molar-refractivity contribution is 6.03. The molecule has 1 heterocycles. The lowest BCUT2D eigenvalue weighted by atomic mass is 9.70. The maximum Gasteiger partial charge on any atom is 0.416 e. The molecule has 1 aliphatic heterocycles. The Labute approximate surface area is 166 Å². The molecular weight excluding hydrogens is 387 g/mol. The lowest BCUT2D eigenvalue weighted by Crippen LogP contribution is -2.35. The number of nitrogens with two attached hydrogens (primary N) is 1. The molecule has 0 aromatic heterocycles. The van der Waals surface area contributed by atoms with Crippen molar-refractivity contribution in [3.8, 4) is 0 Å². The number of alkyl halides is 3. The van der Waals surface area contributed by atoms with E-state index in [1.54, 1.807) is 6.92 Å². The number of ketones is 1. The van der Waals surface area contributed by atoms with E-state index in [4.69, 9.17) is 15.2 Å². The number of hydrogen-bond acceptors (Lipinski definition) is 5. The van der Waals surface area contributed by atoms with Crippen LogP contribution in [0.5, 0.6) is 0 Å². The number of esters is 1. The molecular formula is C21H22F3NO4. The third-order valence-corrected chi connectivity index (χ3v) is 5.02. The number of benzene rings is 1. The van der Waals surface area contributed by atoms with E-state index in [1.165, 1.54) is 12.1 Å². The zero-order valence-corrected chi connectivity index (χ0v) is 16.4. The van der Waals surface area contributed by atoms with Gasteiger partial charge in [-0.25, -0.2) is 4.79 Å². The van der Waals surface area contributed by atoms with Crippen LogP contribution >= 0.6 is 0 Å². The first kappa shape index (κ1) is 21.0. The minimum atomic E-state index is -4.50. The van der Waals surface area contributed by atoms with Crippen LogP contribution in [0.4, 0.5) is 13.2 Å². The van der Waals surface area contributed by atoms with Crippen LogP contribution in [0.25, 0.3) is 0 Å². The smallest absolute Gasteiger partial charge is 0.416 e. The maximum atomic E-state index is 13.0. The van der Waals surface area contributed by atoms with Gasteiger partial charge in [-0.2, -0.15) is 13.2 Å². The molecule has 0 saturated carbocycles. The number of carbonyl (C=O) groups excluding carboxylic acids is 2. The predicted octanol–water partition coefficient (Wildman–Crippen LogP) is 4.20. The Kier molecular flexibility index (Phi) is 5.23. The summed E-state index contributed by atoms with van der Waals surface area (Å²) in [6.07, 6.45) is -3.85. The summed E-state index contributed by atoms with van der Waals surface area (Å²) in [5.41, 5.74) is 5.35. The van der Waals surface area contributed by atoms with E-state index in [0.717, 1.165) is 12.1 Å². The van der Waals surface area contributed by atoms with Gasteiger partial charge >= 0.3 is 12.1 Å². The second-order valence-electron chi connectivity index (χ2n) is 7.93. The van der Waals surface area contributed by atoms with E-state index in [1.807, 2.05) is 13.8 Å². The van der Waals surface area contributed by atoms with Crippen LogP contribution in [0.15, 0.2) is 47.1 Å². The predicted molar refractivity (Wildman–Crippen MR) is 98.2 cm³/mol. The topological polar surface area (TPSA) is 78.6 Å². The minimum absolute atomic E-state index is 0.0709. The summed E-state index contributed by atoms with van der Waals surface area (Å²) in [6.45, 7) is 5.50. The monoisotopic (exact) mass is 409 g/mol. The van der Waals surface area contributed by atoms with Crippen LogP contribution in [0.1, 0.15) is 50.7 Å². The third kappa shape index (κ3) is 4.02. The van der Waals surface area contributed by atoms with Gasteiger partial charge in [0, 0.05) is 18.4 Å². The van der Waals surface area contributed by atoms with E-state index in [9.17, 15) is 22.8 Å². The standard InChI is InChI=1S/C21H22F3NO4/c1-4-28-19(27)17-15(11-5-7-12(8-6-11)21(22,23)24)16-13(26)9-20(2,3)10-14(16)29-18(17)25/h5-8,15H,4,9-10,25H2,1-3H3. The molecule has 1 aliphatic carbocycles. The van der Waals surface area contributed by atoms with Crippen LogP contribution < -0.4 is 5.73 Å². The van der Waals surface area contributed by atoms with E-state index in [-0.39, 0.29) is 41.3 Å². The van der Waals surface area contributed by atoms with Gasteiger partial charge < -0.3 is 15.2 Å². The summed E-state index contributed by atoms with van der Waals surface area (Å²) in [5, 5.41) is 0. The average Bonchev–Trinajstić information content (AvgIpc) is 2.58. The van der Waals surface area contributed by atoms with Gasteiger partial charge in [-0.3, -0.25) is 4.79 Å². The Morgan fingerprint density at radius 2 is 1.86 bits per heavy atom. The Balaban J connectivity index is 2.15. The van der Waals surface area contributed by atoms with Crippen molar-refractivity contribution in [2.45, 2.75) is 45.7 Å². The highest BCUT2D eigenvalue weighted by Crippen LogP contribution is 2.48. The number of hydrogen-bond donors (Lipinski definition) is 1. The zero-order chi connectivity index (χ0) is 21.6. The Morgan fingerprint density at radius 3 is 2.41 bits per heavy atom. The van der Waals surface area contributed by atoms with Crippen molar-refractivity contribution in [1.82, 2.24) is 0 Å². The van der Waals surface area contributed by atoms with Crippen molar-refractivity contribution in [2.24, 2.45) is 11.1 Å². The molecule has 1 aromatic carbocycles. The molecule has 1 unspecified atom stereocenters. The van der Waals surface area contributed by atoms with Crippen LogP contribution in [0.2, 0.25) is 0 Å². The number of carbonyl (C=O) groups is 2. The number of rotatable bonds is 3. The van der Waals surface area contributed by atoms with Crippen LogP contribution in [-0.2, 0) is 25.2 Å². The number of allylic oxidation sites excluding steroid dienone is 2. The SMILES string of the molecule is CCOC(=O)C1=C(N)OC2=C(C(=O)CC(C)(C)C2)C1c1ccc(C(F)(F)F)cc1. The molecule has 0 fully saturated rings. The fourth-order valence-electron chi connectivity index (χ4n) is 3.79. The molecule has 0 amide bonds. The average molecular weight is 409 g/mol. The van der Waals surface area contributed by atoms with Gasteiger partial charge in [0.15, 0.2) is 5.78 Å². The summed E-state index contributed by atoms with van der Waals surface area (Å²) >= 11 is 0. The normalized spacial score (nSPS) is 21.6. The quantitative estimate of drug-likeness (QED) is 0.757. The van der Waals surface area contributed by atoms with Crippen molar-refractivity contribution in [3.05, 3.63) is 58.2 Å². The molecule has 1 atom stereocenters. The molecule has 0 radical (unpaired) electrons. The van der Waals surface area contributed by atoms with Gasteiger partial charge in [-0.15, -0.1) is 0 Å². The van der Waals surface area contributed by atoms with Gasteiger partial charge in [0.1, 0.15) is 11.3 Å². The molecule has 0 saturated heterocycles. The fraction of sp³-hybridized carbons (Fsp3) is 0.429. The highest BCUT2D eigenvalue weighted by Gasteiger charge is 2.45. The van der Waals surface area contributed by atoms with Gasteiger partial charge in [-0.05, 0) is 30.0 Å². The molecule has 5 nitrogen and oxygen atoms in total. The Bertz CT molecular complexity index is 911. The zero-order valence-electron chi connectivity index (χ0n) is 16.4. The summed E-state index contributed by atoms with van der Waals surface area (Å²) < 4.78 is 49.6. The van der Waals surface area contributed by atoms with Crippen LogP contribution in [-0.4, -0.2) is 18.4 Å². The van der Waals surface area contributed by atoms with Crippen molar-refractivity contribution in [2.75, 3.05) is 6.61 Å². The summed E-state index contributed by atoms with van der Waals surface area (Å²) in [5.74, 6) is -1.78. The Hall–Kier alpha value is -2.77. The first-order valence-electron chi connectivity index (χ1n) is 9.22. The van der Waals surface area contributed by atoms with E-state index in [0.29, 0.717) is 17.7 Å². The molecule has 8 heteroatoms. The maximum absolute atomic E-state index is 13.0. The lowest BCUT2D eigenvalue weighted by Gasteiger charge is -2.38. The summed E-state index contributed by atoms with van der Waals surface area (Å²) in [7, 11) is 0. The molecule has 0 spiro atoms. The number of ether oxygens (including phenoxy) is 2. The van der Waals surface area contributed by atoms with Gasteiger partial charge in [0.25, 0.3) is 0 Å². The van der Waals surface area contributed by atoms with Crippen molar-refractivity contribution < 1.29 is 32.2 Å². The lowest BCUT2D eigenvalue weighted by molar-refractivity contribution is -0.139. The summed E-state index contributed by atoms with van der Waals surface area (Å²) in [4.78, 5) is 25.5. The van der Waals surface area contributed by atoms with E-state index >= 15 is 0 Å². The van der Waals surface area contributed by atoms with Gasteiger partial charge in [-0.1, -0.05) is 26.0 Å². The molecule has 2 N–H and O–H groups in total. The second kappa shape index (κ2) is 7.24. The number of Topliss-reactive ketones (excluding diaryl/α,β-unsaturated/α-hetero) is 1. The first-order chi connectivity index (χ1) is 13.4. The third-order valence-electron chi connectivity index (χ3n) is 5.02. The van der Waals surface area contributed by atoms with Crippen molar-refractivity contribution in [3.63, 3.8) is 0 Å².